The van der Waals surface area contributed by atoms with Gasteiger partial charge >= 0.3 is 12.0 Å². The molecule has 0 saturated heterocycles. The Morgan fingerprint density at radius 3 is 2.72 bits per heavy atom. The molecule has 1 aromatic heterocycles. The lowest BCUT2D eigenvalue weighted by Gasteiger charge is -2.01. The fourth-order valence-corrected chi connectivity index (χ4v) is 1.57. The van der Waals surface area contributed by atoms with Gasteiger partial charge in [-0.25, -0.2) is 15.0 Å². The minimum Gasteiger partial charge on any atom is -0.462 e. The number of carbonyl (C=O) groups is 2. The molecule has 1 aromatic rings. The third-order valence-electron chi connectivity index (χ3n) is 2.32. The van der Waals surface area contributed by atoms with Crippen molar-refractivity contribution in [3.8, 4) is 0 Å². The molecule has 98 valence electrons. The molecule has 0 unspecified atom stereocenters. The van der Waals surface area contributed by atoms with E-state index in [9.17, 15) is 9.59 Å². The van der Waals surface area contributed by atoms with E-state index in [0.29, 0.717) is 29.1 Å². The number of nitrogens with zero attached hydrogens (tertiary/aromatic N) is 1. The van der Waals surface area contributed by atoms with Crippen molar-refractivity contribution in [1.82, 2.24) is 10.4 Å². The van der Waals surface area contributed by atoms with Gasteiger partial charge in [0.2, 0.25) is 0 Å². The van der Waals surface area contributed by atoms with Crippen molar-refractivity contribution >= 4 is 18.2 Å². The van der Waals surface area contributed by atoms with E-state index in [1.807, 2.05) is 0 Å². The number of carbonyl (C=O) groups excluding carboxylic acids is 2. The number of rotatable bonds is 4. The maximum atomic E-state index is 11.7. The molecule has 1 heterocycles. The van der Waals surface area contributed by atoms with Crippen LogP contribution >= 0.6 is 0 Å². The normalized spacial score (nSPS) is 10.6. The predicted molar refractivity (Wildman–Crippen MR) is 66.5 cm³/mol. The number of hydrogen-bond acceptors (Lipinski definition) is 4. The summed E-state index contributed by atoms with van der Waals surface area (Å²) in [4.78, 5) is 25.1. The van der Waals surface area contributed by atoms with Crippen LogP contribution in [0.3, 0.4) is 0 Å². The Balaban J connectivity index is 2.97. The lowest BCUT2D eigenvalue weighted by Crippen LogP contribution is -2.24. The first-order valence-corrected chi connectivity index (χ1v) is 5.42. The van der Waals surface area contributed by atoms with E-state index < -0.39 is 6.03 Å². The summed E-state index contributed by atoms with van der Waals surface area (Å²) >= 11 is 0. The second kappa shape index (κ2) is 5.85. The molecule has 0 saturated carbocycles. The van der Waals surface area contributed by atoms with Gasteiger partial charge < -0.3 is 15.5 Å². The van der Waals surface area contributed by atoms with Gasteiger partial charge in [-0.1, -0.05) is 0 Å². The molecule has 4 N–H and O–H groups in total. The minimum atomic E-state index is -0.752. The highest BCUT2D eigenvalue weighted by atomic mass is 16.5. The maximum Gasteiger partial charge on any atom is 0.340 e. The fraction of sp³-hybridized carbons (Fsp3) is 0.364. The molecule has 0 aliphatic rings. The summed E-state index contributed by atoms with van der Waals surface area (Å²) in [7, 11) is 0. The Labute approximate surface area is 104 Å². The molecule has 0 bridgehead atoms. The molecule has 0 fully saturated rings. The van der Waals surface area contributed by atoms with Crippen LogP contribution in [0.15, 0.2) is 5.10 Å². The van der Waals surface area contributed by atoms with Crippen LogP contribution in [-0.2, 0) is 4.74 Å². The molecule has 18 heavy (non-hydrogen) atoms. The fourth-order valence-electron chi connectivity index (χ4n) is 1.57. The van der Waals surface area contributed by atoms with Crippen molar-refractivity contribution in [1.29, 1.82) is 0 Å². The van der Waals surface area contributed by atoms with Crippen LogP contribution in [0.25, 0.3) is 0 Å². The second-order valence-corrected chi connectivity index (χ2v) is 3.62. The SMILES string of the molecule is CCOC(=O)c1c(C)[nH]c(/C=N/NC(N)=O)c1C. The summed E-state index contributed by atoms with van der Waals surface area (Å²) < 4.78 is 4.95. The predicted octanol–water partition coefficient (Wildman–Crippen LogP) is 0.810. The Bertz CT molecular complexity index is 491. The van der Waals surface area contributed by atoms with Crippen LogP contribution in [0.1, 0.15) is 34.2 Å². The van der Waals surface area contributed by atoms with Gasteiger partial charge in [0.1, 0.15) is 0 Å². The summed E-state index contributed by atoms with van der Waals surface area (Å²) in [6.07, 6.45) is 1.38. The number of aromatic nitrogens is 1. The summed E-state index contributed by atoms with van der Waals surface area (Å²) in [5.41, 5.74) is 9.44. The number of nitrogens with one attached hydrogen (secondary N) is 2. The molecular formula is C11H16N4O3. The number of aryl methyl sites for hydroxylation is 1. The quantitative estimate of drug-likeness (QED) is 0.419. The van der Waals surface area contributed by atoms with Crippen LogP contribution in [-0.4, -0.2) is 29.8 Å². The monoisotopic (exact) mass is 252 g/mol. The van der Waals surface area contributed by atoms with Crippen LogP contribution in [0.5, 0.6) is 0 Å². The number of esters is 1. The molecule has 0 spiro atoms. The smallest absolute Gasteiger partial charge is 0.340 e. The molecule has 2 amide bonds. The highest BCUT2D eigenvalue weighted by Gasteiger charge is 2.18. The first-order valence-electron chi connectivity index (χ1n) is 5.42. The van der Waals surface area contributed by atoms with Gasteiger partial charge in [-0.05, 0) is 26.3 Å². The number of nitrogens with two attached hydrogens (primary N) is 1. The largest absolute Gasteiger partial charge is 0.462 e. The van der Waals surface area contributed by atoms with Crippen LogP contribution in [0.4, 0.5) is 4.79 Å². The molecular weight excluding hydrogens is 236 g/mol. The van der Waals surface area contributed by atoms with E-state index in [1.165, 1.54) is 6.21 Å². The average molecular weight is 252 g/mol. The van der Waals surface area contributed by atoms with E-state index in [-0.39, 0.29) is 5.97 Å². The molecule has 7 heteroatoms. The van der Waals surface area contributed by atoms with Crippen LogP contribution < -0.4 is 11.2 Å². The van der Waals surface area contributed by atoms with E-state index >= 15 is 0 Å². The van der Waals surface area contributed by atoms with Gasteiger partial charge in [-0.15, -0.1) is 0 Å². The lowest BCUT2D eigenvalue weighted by atomic mass is 10.1. The molecule has 0 aliphatic heterocycles. The number of H-pyrrole nitrogens is 1. The molecule has 7 nitrogen and oxygen atoms in total. The molecule has 0 aliphatic carbocycles. The summed E-state index contributed by atoms with van der Waals surface area (Å²) in [6.45, 7) is 5.59. The highest BCUT2D eigenvalue weighted by Crippen LogP contribution is 2.17. The zero-order valence-electron chi connectivity index (χ0n) is 10.5. The molecule has 0 atom stereocenters. The van der Waals surface area contributed by atoms with Gasteiger partial charge in [-0.3, -0.25) is 0 Å². The number of amides is 2. The van der Waals surface area contributed by atoms with Gasteiger partial charge in [0, 0.05) is 5.69 Å². The van der Waals surface area contributed by atoms with Gasteiger partial charge in [-0.2, -0.15) is 5.10 Å². The minimum absolute atomic E-state index is 0.315. The maximum absolute atomic E-state index is 11.7. The third-order valence-corrected chi connectivity index (χ3v) is 2.32. The summed E-state index contributed by atoms with van der Waals surface area (Å²) in [5, 5.41) is 3.63. The number of urea groups is 1. The van der Waals surface area contributed by atoms with Gasteiger partial charge in [0.15, 0.2) is 0 Å². The van der Waals surface area contributed by atoms with Crippen molar-refractivity contribution in [2.45, 2.75) is 20.8 Å². The molecule has 1 rings (SSSR count). The number of ether oxygens (including phenoxy) is 1. The average Bonchev–Trinajstić information content (AvgIpc) is 2.54. The van der Waals surface area contributed by atoms with Crippen LogP contribution in [0.2, 0.25) is 0 Å². The lowest BCUT2D eigenvalue weighted by molar-refractivity contribution is 0.0525. The number of aromatic amines is 1. The zero-order valence-corrected chi connectivity index (χ0v) is 10.5. The summed E-state index contributed by atoms with van der Waals surface area (Å²) in [5.74, 6) is -0.383. The van der Waals surface area contributed by atoms with Crippen molar-refractivity contribution < 1.29 is 14.3 Å². The topological polar surface area (TPSA) is 110 Å². The van der Waals surface area contributed by atoms with Gasteiger partial charge in [0.05, 0.1) is 24.1 Å². The van der Waals surface area contributed by atoms with Crippen molar-refractivity contribution in [2.24, 2.45) is 10.8 Å². The Kier molecular flexibility index (Phi) is 4.47. The second-order valence-electron chi connectivity index (χ2n) is 3.62. The Morgan fingerprint density at radius 1 is 1.50 bits per heavy atom. The zero-order chi connectivity index (χ0) is 13.7. The molecule has 0 radical (unpaired) electrons. The number of hydrazone groups is 1. The first-order chi connectivity index (χ1) is 8.47. The van der Waals surface area contributed by atoms with E-state index in [4.69, 9.17) is 10.5 Å². The third kappa shape index (κ3) is 3.09. The molecule has 0 aromatic carbocycles. The number of primary amides is 1. The first kappa shape index (κ1) is 13.8. The standard InChI is InChI=1S/C11H16N4O3/c1-4-18-10(16)9-6(2)8(14-7(9)3)5-13-15-11(12)17/h5,14H,4H2,1-3H3,(H3,12,15,17)/b13-5+. The van der Waals surface area contributed by atoms with Crippen molar-refractivity contribution in [2.75, 3.05) is 6.61 Å². The highest BCUT2D eigenvalue weighted by molar-refractivity contribution is 5.96. The summed E-state index contributed by atoms with van der Waals surface area (Å²) in [6, 6.07) is -0.752. The van der Waals surface area contributed by atoms with E-state index in [1.54, 1.807) is 20.8 Å². The number of hydrogen-bond donors (Lipinski definition) is 3. The van der Waals surface area contributed by atoms with Crippen LogP contribution in [0, 0.1) is 13.8 Å². The van der Waals surface area contributed by atoms with Crippen molar-refractivity contribution in [3.05, 3.63) is 22.5 Å². The van der Waals surface area contributed by atoms with Crippen molar-refractivity contribution in [3.63, 3.8) is 0 Å². The van der Waals surface area contributed by atoms with E-state index in [0.717, 1.165) is 0 Å². The Morgan fingerprint density at radius 2 is 2.17 bits per heavy atom. The van der Waals surface area contributed by atoms with Gasteiger partial charge in [0.25, 0.3) is 0 Å². The Hall–Kier alpha value is -2.31. The van der Waals surface area contributed by atoms with E-state index in [2.05, 4.69) is 15.5 Å².